The first-order valence-corrected chi connectivity index (χ1v) is 7.27. The number of anilines is 2. The minimum atomic E-state index is -0.146. The topological polar surface area (TPSA) is 67.3 Å². The molecular weight excluding hydrogens is 240 g/mol. The Balaban J connectivity index is 1.99. The van der Waals surface area contributed by atoms with Crippen molar-refractivity contribution < 1.29 is 5.11 Å². The van der Waals surface area contributed by atoms with Crippen LogP contribution in [-0.2, 0) is 7.05 Å². The fraction of sp³-hybridized carbons (Fsp3) is 0.786. The number of aromatic nitrogens is 2. The predicted octanol–water partition coefficient (Wildman–Crippen LogP) is 1.62. The molecule has 2 atom stereocenters. The fourth-order valence-electron chi connectivity index (χ4n) is 3.78. The largest absolute Gasteiger partial charge is 0.394 e. The first-order chi connectivity index (χ1) is 8.99. The van der Waals surface area contributed by atoms with Gasteiger partial charge in [-0.1, -0.05) is 13.8 Å². The summed E-state index contributed by atoms with van der Waals surface area (Å²) in [4.78, 5) is 2.42. The molecule has 0 radical (unpaired) electrons. The molecule has 3 heterocycles. The van der Waals surface area contributed by atoms with Crippen molar-refractivity contribution in [2.45, 2.75) is 63.6 Å². The van der Waals surface area contributed by atoms with E-state index in [1.54, 1.807) is 0 Å². The van der Waals surface area contributed by atoms with E-state index in [1.807, 2.05) is 11.7 Å². The molecule has 2 saturated heterocycles. The summed E-state index contributed by atoms with van der Waals surface area (Å²) in [7, 11) is 1.97. The van der Waals surface area contributed by atoms with E-state index in [4.69, 9.17) is 5.73 Å². The van der Waals surface area contributed by atoms with Crippen LogP contribution in [-0.4, -0.2) is 33.1 Å². The lowest BCUT2D eigenvalue weighted by atomic mass is 9.99. The molecule has 0 saturated carbocycles. The van der Waals surface area contributed by atoms with Crippen LogP contribution in [0.25, 0.3) is 0 Å². The monoisotopic (exact) mass is 264 g/mol. The molecule has 3 N–H and O–H groups in total. The molecule has 0 amide bonds. The second kappa shape index (κ2) is 4.40. The molecule has 2 bridgehead atoms. The van der Waals surface area contributed by atoms with Gasteiger partial charge in [-0.25, -0.2) is 0 Å². The van der Waals surface area contributed by atoms with Crippen molar-refractivity contribution in [3.8, 4) is 0 Å². The van der Waals surface area contributed by atoms with Crippen LogP contribution in [0.5, 0.6) is 0 Å². The summed E-state index contributed by atoms with van der Waals surface area (Å²) >= 11 is 0. The van der Waals surface area contributed by atoms with Crippen LogP contribution in [0.15, 0.2) is 0 Å². The summed E-state index contributed by atoms with van der Waals surface area (Å²) < 4.78 is 1.92. The molecule has 5 heteroatoms. The number of fused-ring (bicyclic) bond motifs is 2. The third-order valence-electron chi connectivity index (χ3n) is 4.58. The summed E-state index contributed by atoms with van der Waals surface area (Å²) in [6.07, 6.45) is 3.89. The molecule has 2 unspecified atom stereocenters. The van der Waals surface area contributed by atoms with Gasteiger partial charge in [0.2, 0.25) is 0 Å². The normalized spacial score (nSPS) is 30.4. The van der Waals surface area contributed by atoms with Gasteiger partial charge in [-0.05, 0) is 31.6 Å². The van der Waals surface area contributed by atoms with Crippen molar-refractivity contribution in [2.24, 2.45) is 7.05 Å². The Kier molecular flexibility index (Phi) is 2.96. The molecule has 5 nitrogen and oxygen atoms in total. The van der Waals surface area contributed by atoms with E-state index in [-0.39, 0.29) is 6.10 Å². The van der Waals surface area contributed by atoms with Crippen molar-refractivity contribution in [1.82, 2.24) is 9.78 Å². The highest BCUT2D eigenvalue weighted by molar-refractivity contribution is 5.68. The van der Waals surface area contributed by atoms with Crippen molar-refractivity contribution in [2.75, 3.05) is 10.6 Å². The van der Waals surface area contributed by atoms with E-state index < -0.39 is 0 Å². The van der Waals surface area contributed by atoms with E-state index in [1.165, 1.54) is 0 Å². The van der Waals surface area contributed by atoms with E-state index in [9.17, 15) is 5.11 Å². The number of aliphatic hydroxyl groups excluding tert-OH is 1. The minimum absolute atomic E-state index is 0.146. The average Bonchev–Trinajstić information content (AvgIpc) is 2.75. The maximum absolute atomic E-state index is 9.91. The second-order valence-corrected chi connectivity index (χ2v) is 6.32. The molecule has 2 aliphatic heterocycles. The molecular formula is C14H24N4O. The number of hydrogen-bond acceptors (Lipinski definition) is 4. The third-order valence-corrected chi connectivity index (χ3v) is 4.58. The number of nitrogens with zero attached hydrogens (tertiary/aromatic N) is 3. The third kappa shape index (κ3) is 1.91. The quantitative estimate of drug-likeness (QED) is 0.851. The van der Waals surface area contributed by atoms with Gasteiger partial charge in [-0.2, -0.15) is 5.10 Å². The van der Waals surface area contributed by atoms with Crippen molar-refractivity contribution in [3.05, 3.63) is 5.69 Å². The number of nitrogen functional groups attached to an aromatic ring is 1. The standard InChI is InChI=1S/C14H24N4O/c1-8(2)13-12(15)14(17(3)16-13)18-9-4-5-10(18)7-11(19)6-9/h8-11,19H,4-7,15H2,1-3H3. The molecule has 3 rings (SSSR count). The zero-order chi connectivity index (χ0) is 13.7. The maximum Gasteiger partial charge on any atom is 0.150 e. The fourth-order valence-corrected chi connectivity index (χ4v) is 3.78. The van der Waals surface area contributed by atoms with Crippen molar-refractivity contribution in [3.63, 3.8) is 0 Å². The van der Waals surface area contributed by atoms with Crippen LogP contribution < -0.4 is 10.6 Å². The van der Waals surface area contributed by atoms with Crippen LogP contribution in [0.4, 0.5) is 11.5 Å². The summed E-state index contributed by atoms with van der Waals surface area (Å²) in [5, 5.41) is 14.5. The van der Waals surface area contributed by atoms with Gasteiger partial charge in [0.25, 0.3) is 0 Å². The zero-order valence-electron chi connectivity index (χ0n) is 12.0. The van der Waals surface area contributed by atoms with Gasteiger partial charge in [-0.15, -0.1) is 0 Å². The molecule has 0 aliphatic carbocycles. The molecule has 0 spiro atoms. The first-order valence-electron chi connectivity index (χ1n) is 7.27. The summed E-state index contributed by atoms with van der Waals surface area (Å²) in [5.41, 5.74) is 8.15. The van der Waals surface area contributed by atoms with Gasteiger partial charge in [0.05, 0.1) is 17.5 Å². The van der Waals surface area contributed by atoms with Crippen LogP contribution in [0.3, 0.4) is 0 Å². The van der Waals surface area contributed by atoms with Gasteiger partial charge in [0.15, 0.2) is 5.82 Å². The number of aryl methyl sites for hydroxylation is 1. The van der Waals surface area contributed by atoms with E-state index in [0.29, 0.717) is 18.0 Å². The lowest BCUT2D eigenvalue weighted by molar-refractivity contribution is 0.125. The second-order valence-electron chi connectivity index (χ2n) is 6.32. The van der Waals surface area contributed by atoms with Crippen molar-refractivity contribution >= 4 is 11.5 Å². The smallest absolute Gasteiger partial charge is 0.150 e. The Bertz CT molecular complexity index is 468. The highest BCUT2D eigenvalue weighted by Crippen LogP contribution is 2.42. The molecule has 1 aromatic rings. The number of aliphatic hydroxyl groups is 1. The number of piperidine rings is 1. The van der Waals surface area contributed by atoms with Crippen molar-refractivity contribution in [1.29, 1.82) is 0 Å². The van der Waals surface area contributed by atoms with Crippen LogP contribution in [0.1, 0.15) is 51.1 Å². The van der Waals surface area contributed by atoms with Crippen LogP contribution in [0.2, 0.25) is 0 Å². The summed E-state index contributed by atoms with van der Waals surface area (Å²) in [6.45, 7) is 4.24. The molecule has 106 valence electrons. The van der Waals surface area contributed by atoms with Crippen LogP contribution >= 0.6 is 0 Å². The molecule has 2 fully saturated rings. The molecule has 1 aromatic heterocycles. The lowest BCUT2D eigenvalue weighted by Crippen LogP contribution is -2.45. The molecule has 19 heavy (non-hydrogen) atoms. The van der Waals surface area contributed by atoms with Gasteiger partial charge < -0.3 is 15.7 Å². The Labute approximate surface area is 114 Å². The predicted molar refractivity (Wildman–Crippen MR) is 76.2 cm³/mol. The molecule has 0 aromatic carbocycles. The minimum Gasteiger partial charge on any atom is -0.394 e. The Morgan fingerprint density at radius 2 is 1.84 bits per heavy atom. The number of nitrogens with two attached hydrogens (primary N) is 1. The van der Waals surface area contributed by atoms with Gasteiger partial charge in [0.1, 0.15) is 0 Å². The Hall–Kier alpha value is -1.23. The first kappa shape index (κ1) is 12.8. The summed E-state index contributed by atoms with van der Waals surface area (Å²) in [6, 6.07) is 0.845. The van der Waals surface area contributed by atoms with Gasteiger partial charge in [0, 0.05) is 19.1 Å². The Morgan fingerprint density at radius 3 is 2.32 bits per heavy atom. The zero-order valence-corrected chi connectivity index (χ0v) is 12.0. The highest BCUT2D eigenvalue weighted by Gasteiger charge is 2.42. The lowest BCUT2D eigenvalue weighted by Gasteiger charge is -2.38. The number of rotatable bonds is 2. The van der Waals surface area contributed by atoms with E-state index >= 15 is 0 Å². The van der Waals surface area contributed by atoms with Gasteiger partial charge in [-0.3, -0.25) is 4.68 Å². The van der Waals surface area contributed by atoms with Gasteiger partial charge >= 0.3 is 0 Å². The SMILES string of the molecule is CC(C)c1nn(C)c(N2C3CCC2CC(O)C3)c1N. The van der Waals surface area contributed by atoms with Crippen LogP contribution in [0, 0.1) is 0 Å². The highest BCUT2D eigenvalue weighted by atomic mass is 16.3. The van der Waals surface area contributed by atoms with E-state index in [2.05, 4.69) is 23.8 Å². The Morgan fingerprint density at radius 1 is 1.26 bits per heavy atom. The number of hydrogen-bond donors (Lipinski definition) is 2. The summed E-state index contributed by atoms with van der Waals surface area (Å²) in [5.74, 6) is 1.40. The average molecular weight is 264 g/mol. The van der Waals surface area contributed by atoms with E-state index in [0.717, 1.165) is 42.9 Å². The molecule has 2 aliphatic rings. The maximum atomic E-state index is 9.91.